The first kappa shape index (κ1) is 15.0. The summed E-state index contributed by atoms with van der Waals surface area (Å²) in [5.74, 6) is 0.0353. The Morgan fingerprint density at radius 3 is 2.86 bits per heavy atom. The molecule has 1 fully saturated rings. The predicted molar refractivity (Wildman–Crippen MR) is 82.3 cm³/mol. The van der Waals surface area contributed by atoms with Gasteiger partial charge in [0, 0.05) is 18.2 Å². The van der Waals surface area contributed by atoms with E-state index in [9.17, 15) is 18.0 Å². The first-order chi connectivity index (χ1) is 10.4. The highest BCUT2D eigenvalue weighted by atomic mass is 32.2. The lowest BCUT2D eigenvalue weighted by Crippen LogP contribution is -2.36. The predicted octanol–water partition coefficient (Wildman–Crippen LogP) is 0.417. The Morgan fingerprint density at radius 1 is 1.32 bits per heavy atom. The molecule has 0 aliphatic carbocycles. The third-order valence-electron chi connectivity index (χ3n) is 4.03. The first-order valence-corrected chi connectivity index (χ1v) is 9.15. The molecule has 2 aliphatic rings. The van der Waals surface area contributed by atoms with Gasteiger partial charge in [-0.1, -0.05) is 12.1 Å². The average Bonchev–Trinajstić information content (AvgIpc) is 2.78. The number of nitrogens with one attached hydrogen (secondary N) is 2. The second-order valence-corrected chi connectivity index (χ2v) is 8.11. The Labute approximate surface area is 129 Å². The second kappa shape index (κ2) is 5.72. The highest BCUT2D eigenvalue weighted by Crippen LogP contribution is 2.23. The zero-order valence-corrected chi connectivity index (χ0v) is 12.9. The van der Waals surface area contributed by atoms with Crippen molar-refractivity contribution >= 4 is 27.3 Å². The van der Waals surface area contributed by atoms with Crippen molar-refractivity contribution in [1.82, 2.24) is 5.32 Å². The molecule has 2 heterocycles. The zero-order valence-electron chi connectivity index (χ0n) is 12.1. The van der Waals surface area contributed by atoms with Gasteiger partial charge in [0.15, 0.2) is 9.84 Å². The van der Waals surface area contributed by atoms with Crippen LogP contribution in [0.2, 0.25) is 0 Å². The molecule has 3 rings (SSSR count). The van der Waals surface area contributed by atoms with Crippen LogP contribution in [0.4, 0.5) is 5.69 Å². The van der Waals surface area contributed by atoms with Crippen molar-refractivity contribution in [2.75, 3.05) is 16.8 Å². The molecule has 1 atom stereocenters. The van der Waals surface area contributed by atoms with Gasteiger partial charge in [0.25, 0.3) is 0 Å². The maximum atomic E-state index is 12.0. The minimum absolute atomic E-state index is 0.0143. The number of amides is 2. The molecule has 22 heavy (non-hydrogen) atoms. The molecule has 1 unspecified atom stereocenters. The Bertz CT molecular complexity index is 727. The van der Waals surface area contributed by atoms with E-state index in [0.717, 1.165) is 16.8 Å². The van der Waals surface area contributed by atoms with Crippen molar-refractivity contribution in [3.8, 4) is 0 Å². The molecule has 1 saturated heterocycles. The van der Waals surface area contributed by atoms with E-state index in [-0.39, 0.29) is 35.8 Å². The van der Waals surface area contributed by atoms with Gasteiger partial charge < -0.3 is 10.6 Å². The van der Waals surface area contributed by atoms with Crippen LogP contribution in [0.25, 0.3) is 0 Å². The molecule has 0 aromatic heterocycles. The maximum absolute atomic E-state index is 12.0. The number of carbonyl (C=O) groups is 2. The molecule has 1 aromatic carbocycles. The molecule has 0 bridgehead atoms. The van der Waals surface area contributed by atoms with Gasteiger partial charge in [0.1, 0.15) is 0 Å². The van der Waals surface area contributed by atoms with Crippen LogP contribution in [0.3, 0.4) is 0 Å². The molecule has 1 aromatic rings. The monoisotopic (exact) mass is 322 g/mol. The van der Waals surface area contributed by atoms with Crippen LogP contribution in [0.1, 0.15) is 24.0 Å². The largest absolute Gasteiger partial charge is 0.352 e. The molecule has 2 N–H and O–H groups in total. The Morgan fingerprint density at radius 2 is 2.14 bits per heavy atom. The number of hydrogen-bond donors (Lipinski definition) is 2. The molecule has 6 nitrogen and oxygen atoms in total. The maximum Gasteiger partial charge on any atom is 0.224 e. The lowest BCUT2D eigenvalue weighted by Gasteiger charge is -2.17. The summed E-state index contributed by atoms with van der Waals surface area (Å²) < 4.78 is 22.8. The number of carbonyl (C=O) groups excluding carboxylic acids is 2. The molecular weight excluding hydrogens is 304 g/mol. The summed E-state index contributed by atoms with van der Waals surface area (Å²) in [5.41, 5.74) is 2.71. The van der Waals surface area contributed by atoms with E-state index in [1.165, 1.54) is 0 Å². The fourth-order valence-corrected chi connectivity index (χ4v) is 4.59. The summed E-state index contributed by atoms with van der Waals surface area (Å²) in [4.78, 5) is 23.3. The topological polar surface area (TPSA) is 92.3 Å². The molecule has 118 valence electrons. The summed E-state index contributed by atoms with van der Waals surface area (Å²) >= 11 is 0. The standard InChI is InChI=1S/C15H18N2O4S/c18-14-4-2-11-7-10(1-3-13(11)17-14)8-15(19)16-12-5-6-22(20,21)9-12/h1,3,7,12H,2,4-6,8-9H2,(H,16,19)(H,17,18). The summed E-state index contributed by atoms with van der Waals surface area (Å²) in [6.45, 7) is 0. The SMILES string of the molecule is O=C1CCc2cc(CC(=O)NC3CCS(=O)(=O)C3)ccc2N1. The lowest BCUT2D eigenvalue weighted by atomic mass is 9.99. The van der Waals surface area contributed by atoms with E-state index in [4.69, 9.17) is 0 Å². The van der Waals surface area contributed by atoms with Crippen molar-refractivity contribution < 1.29 is 18.0 Å². The number of hydrogen-bond acceptors (Lipinski definition) is 4. The smallest absolute Gasteiger partial charge is 0.224 e. The average molecular weight is 322 g/mol. The molecule has 0 saturated carbocycles. The Kier molecular flexibility index (Phi) is 3.90. The number of rotatable bonds is 3. The van der Waals surface area contributed by atoms with Gasteiger partial charge in [-0.15, -0.1) is 0 Å². The molecule has 7 heteroatoms. The van der Waals surface area contributed by atoms with Gasteiger partial charge >= 0.3 is 0 Å². The number of fused-ring (bicyclic) bond motifs is 1. The van der Waals surface area contributed by atoms with Gasteiger partial charge in [0.05, 0.1) is 17.9 Å². The van der Waals surface area contributed by atoms with Crippen LogP contribution >= 0.6 is 0 Å². The van der Waals surface area contributed by atoms with Gasteiger partial charge in [-0.2, -0.15) is 0 Å². The van der Waals surface area contributed by atoms with E-state index in [1.54, 1.807) is 0 Å². The van der Waals surface area contributed by atoms with Crippen molar-refractivity contribution in [1.29, 1.82) is 0 Å². The summed E-state index contributed by atoms with van der Waals surface area (Å²) in [7, 11) is -2.99. The number of aryl methyl sites for hydroxylation is 1. The van der Waals surface area contributed by atoms with E-state index < -0.39 is 9.84 Å². The normalized spacial score (nSPS) is 22.7. The number of benzene rings is 1. The van der Waals surface area contributed by atoms with Gasteiger partial charge in [-0.05, 0) is 30.0 Å². The quantitative estimate of drug-likeness (QED) is 0.843. The van der Waals surface area contributed by atoms with Crippen LogP contribution in [0.5, 0.6) is 0 Å². The highest BCUT2D eigenvalue weighted by Gasteiger charge is 2.28. The number of sulfone groups is 1. The third kappa shape index (κ3) is 3.47. The minimum atomic E-state index is -2.99. The van der Waals surface area contributed by atoms with Gasteiger partial charge in [-0.25, -0.2) is 8.42 Å². The zero-order chi connectivity index (χ0) is 15.7. The highest BCUT2D eigenvalue weighted by molar-refractivity contribution is 7.91. The Hall–Kier alpha value is -1.89. The van der Waals surface area contributed by atoms with Crippen LogP contribution in [0.15, 0.2) is 18.2 Å². The second-order valence-electron chi connectivity index (χ2n) is 5.88. The van der Waals surface area contributed by atoms with E-state index >= 15 is 0 Å². The van der Waals surface area contributed by atoms with Crippen molar-refractivity contribution in [3.05, 3.63) is 29.3 Å². The van der Waals surface area contributed by atoms with Crippen LogP contribution in [0, 0.1) is 0 Å². The third-order valence-corrected chi connectivity index (χ3v) is 5.80. The molecule has 0 radical (unpaired) electrons. The Balaban J connectivity index is 1.61. The van der Waals surface area contributed by atoms with Crippen molar-refractivity contribution in [2.45, 2.75) is 31.7 Å². The van der Waals surface area contributed by atoms with Crippen LogP contribution in [-0.2, 0) is 32.3 Å². The van der Waals surface area contributed by atoms with Crippen LogP contribution < -0.4 is 10.6 Å². The minimum Gasteiger partial charge on any atom is -0.352 e. The van der Waals surface area contributed by atoms with Gasteiger partial charge in [0.2, 0.25) is 11.8 Å². The first-order valence-electron chi connectivity index (χ1n) is 7.33. The molecule has 2 aliphatic heterocycles. The fraction of sp³-hybridized carbons (Fsp3) is 0.467. The van der Waals surface area contributed by atoms with E-state index in [1.807, 2.05) is 18.2 Å². The lowest BCUT2D eigenvalue weighted by molar-refractivity contribution is -0.121. The molecule has 2 amide bonds. The summed E-state index contributed by atoms with van der Waals surface area (Å²) in [6, 6.07) is 5.29. The van der Waals surface area contributed by atoms with E-state index in [2.05, 4.69) is 10.6 Å². The van der Waals surface area contributed by atoms with Gasteiger partial charge in [-0.3, -0.25) is 9.59 Å². The number of anilines is 1. The van der Waals surface area contributed by atoms with Crippen molar-refractivity contribution in [2.24, 2.45) is 0 Å². The van der Waals surface area contributed by atoms with Crippen molar-refractivity contribution in [3.63, 3.8) is 0 Å². The molecular formula is C15H18N2O4S. The fourth-order valence-electron chi connectivity index (χ4n) is 2.92. The van der Waals surface area contributed by atoms with Crippen LogP contribution in [-0.4, -0.2) is 37.8 Å². The summed E-state index contributed by atoms with van der Waals surface area (Å²) in [6.07, 6.45) is 1.85. The summed E-state index contributed by atoms with van der Waals surface area (Å²) in [5, 5.41) is 5.58. The molecule has 0 spiro atoms. The van der Waals surface area contributed by atoms with E-state index in [0.29, 0.717) is 19.3 Å².